The summed E-state index contributed by atoms with van der Waals surface area (Å²) in [5.74, 6) is 0.0547. The predicted molar refractivity (Wildman–Crippen MR) is 133 cm³/mol. The van der Waals surface area contributed by atoms with Gasteiger partial charge < -0.3 is 24.1 Å². The third-order valence-corrected chi connectivity index (χ3v) is 7.85. The van der Waals surface area contributed by atoms with Crippen molar-refractivity contribution < 1.29 is 19.0 Å². The number of morpholine rings is 1. The number of benzene rings is 1. The summed E-state index contributed by atoms with van der Waals surface area (Å²) >= 11 is 0. The first-order valence-corrected chi connectivity index (χ1v) is 12.5. The number of nitrogens with zero attached hydrogens (tertiary/aromatic N) is 3. The fraction of sp³-hybridized carbons (Fsp3) is 0.538. The van der Waals surface area contributed by atoms with E-state index in [0.29, 0.717) is 6.54 Å². The first-order valence-electron chi connectivity index (χ1n) is 12.5. The molecular weight excluding hydrogens is 446 g/mol. The van der Waals surface area contributed by atoms with Crippen LogP contribution in [-0.4, -0.2) is 92.8 Å². The molecule has 4 heterocycles. The van der Waals surface area contributed by atoms with Crippen LogP contribution in [0.4, 0.5) is 5.69 Å². The number of hydrogen-bond acceptors (Lipinski definition) is 6. The number of aryl methyl sites for hydroxylation is 2. The highest BCUT2D eigenvalue weighted by molar-refractivity contribution is 6.11. The molecule has 1 aromatic carbocycles. The quantitative estimate of drug-likeness (QED) is 0.540. The fourth-order valence-electron chi connectivity index (χ4n) is 6.12. The Hall–Kier alpha value is -2.72. The summed E-state index contributed by atoms with van der Waals surface area (Å²) in [5, 5.41) is 8.67. The fourth-order valence-corrected chi connectivity index (χ4v) is 6.12. The van der Waals surface area contributed by atoms with Crippen LogP contribution in [0.3, 0.4) is 0 Å². The van der Waals surface area contributed by atoms with E-state index in [1.54, 1.807) is 14.2 Å². The number of rotatable bonds is 7. The van der Waals surface area contributed by atoms with E-state index in [2.05, 4.69) is 32.2 Å². The number of methoxy groups -OCH3 is 2. The zero-order valence-electron chi connectivity index (χ0n) is 20.5. The van der Waals surface area contributed by atoms with E-state index in [9.17, 15) is 4.79 Å². The molecule has 1 amide bonds. The molecule has 3 aromatic rings. The van der Waals surface area contributed by atoms with Crippen molar-refractivity contribution in [3.63, 3.8) is 0 Å². The van der Waals surface area contributed by atoms with Crippen LogP contribution in [-0.2, 0) is 37.3 Å². The molecule has 186 valence electrons. The van der Waals surface area contributed by atoms with Crippen LogP contribution in [0.25, 0.3) is 22.3 Å². The number of amides is 1. The van der Waals surface area contributed by atoms with Crippen LogP contribution in [0.15, 0.2) is 18.3 Å². The number of aromatic amines is 2. The van der Waals surface area contributed by atoms with Gasteiger partial charge in [-0.25, -0.2) is 0 Å². The van der Waals surface area contributed by atoms with Gasteiger partial charge >= 0.3 is 0 Å². The molecule has 35 heavy (non-hydrogen) atoms. The van der Waals surface area contributed by atoms with Crippen LogP contribution in [0.5, 0.6) is 0 Å². The van der Waals surface area contributed by atoms with Crippen molar-refractivity contribution in [2.75, 3.05) is 71.7 Å². The molecule has 0 atom stereocenters. The summed E-state index contributed by atoms with van der Waals surface area (Å²) in [6.07, 6.45) is 5.00. The summed E-state index contributed by atoms with van der Waals surface area (Å²) in [7, 11) is 3.30. The molecule has 6 rings (SSSR count). The zero-order valence-corrected chi connectivity index (χ0v) is 20.5. The van der Waals surface area contributed by atoms with Gasteiger partial charge in [-0.3, -0.25) is 14.8 Å². The number of H-pyrrole nitrogens is 2. The maximum atomic E-state index is 14.0. The van der Waals surface area contributed by atoms with Crippen molar-refractivity contribution in [1.29, 1.82) is 0 Å². The third kappa shape index (κ3) is 3.60. The number of anilines is 1. The van der Waals surface area contributed by atoms with Crippen molar-refractivity contribution in [1.82, 2.24) is 20.1 Å². The summed E-state index contributed by atoms with van der Waals surface area (Å²) in [4.78, 5) is 22.0. The van der Waals surface area contributed by atoms with Gasteiger partial charge in [0.25, 0.3) is 0 Å². The lowest BCUT2D eigenvalue weighted by molar-refractivity contribution is -0.127. The Balaban J connectivity index is 1.47. The molecule has 0 saturated carbocycles. The number of carbonyl (C=O) groups excluding carboxylic acids is 1. The Kier molecular flexibility index (Phi) is 5.88. The minimum absolute atomic E-state index is 0.0547. The summed E-state index contributed by atoms with van der Waals surface area (Å²) in [5.41, 5.74) is 6.86. The van der Waals surface area contributed by atoms with Crippen LogP contribution in [0.1, 0.15) is 23.1 Å². The van der Waals surface area contributed by atoms with Gasteiger partial charge in [0.2, 0.25) is 5.91 Å². The molecular formula is C26H33N5O4. The van der Waals surface area contributed by atoms with Crippen LogP contribution < -0.4 is 4.90 Å². The van der Waals surface area contributed by atoms with E-state index < -0.39 is 5.41 Å². The number of aromatic nitrogens is 3. The lowest BCUT2D eigenvalue weighted by Crippen LogP contribution is -2.49. The van der Waals surface area contributed by atoms with Crippen molar-refractivity contribution in [2.45, 2.75) is 24.7 Å². The largest absolute Gasteiger partial charge is 0.383 e. The second-order valence-corrected chi connectivity index (χ2v) is 9.88. The molecule has 0 unspecified atom stereocenters. The van der Waals surface area contributed by atoms with Crippen LogP contribution >= 0.6 is 0 Å². The minimum Gasteiger partial charge on any atom is -0.383 e. The van der Waals surface area contributed by atoms with E-state index in [1.165, 1.54) is 16.5 Å². The zero-order chi connectivity index (χ0) is 24.0. The Labute approximate surface area is 204 Å². The Morgan fingerprint density at radius 1 is 1.09 bits per heavy atom. The van der Waals surface area contributed by atoms with Gasteiger partial charge in [-0.2, -0.15) is 5.10 Å². The molecule has 0 bridgehead atoms. The predicted octanol–water partition coefficient (Wildman–Crippen LogP) is 2.26. The highest BCUT2D eigenvalue weighted by Crippen LogP contribution is 2.46. The Morgan fingerprint density at radius 3 is 2.66 bits per heavy atom. The Bertz CT molecular complexity index is 1240. The summed E-state index contributed by atoms with van der Waals surface area (Å²) < 4.78 is 16.7. The maximum Gasteiger partial charge on any atom is 0.242 e. The van der Waals surface area contributed by atoms with Crippen LogP contribution in [0, 0.1) is 0 Å². The van der Waals surface area contributed by atoms with Crippen LogP contribution in [0.2, 0.25) is 0 Å². The second-order valence-electron chi connectivity index (χ2n) is 9.88. The Morgan fingerprint density at radius 2 is 1.89 bits per heavy atom. The van der Waals surface area contributed by atoms with Crippen molar-refractivity contribution in [3.8, 4) is 11.4 Å². The number of carbonyl (C=O) groups is 1. The molecule has 1 saturated heterocycles. The molecule has 1 fully saturated rings. The van der Waals surface area contributed by atoms with Gasteiger partial charge in [-0.1, -0.05) is 0 Å². The van der Waals surface area contributed by atoms with E-state index in [0.717, 1.165) is 80.3 Å². The number of nitrogens with one attached hydrogen (secondary N) is 2. The van der Waals surface area contributed by atoms with Gasteiger partial charge in [0.15, 0.2) is 0 Å². The van der Waals surface area contributed by atoms with Gasteiger partial charge in [0.1, 0.15) is 5.41 Å². The number of ether oxygens (including phenoxy) is 3. The van der Waals surface area contributed by atoms with Gasteiger partial charge in [0.05, 0.1) is 44.0 Å². The molecule has 2 N–H and O–H groups in total. The van der Waals surface area contributed by atoms with E-state index in [4.69, 9.17) is 14.2 Å². The smallest absolute Gasteiger partial charge is 0.242 e. The molecule has 9 nitrogen and oxygen atoms in total. The van der Waals surface area contributed by atoms with Crippen molar-refractivity contribution >= 4 is 22.5 Å². The lowest BCUT2D eigenvalue weighted by atomic mass is 9.82. The van der Waals surface area contributed by atoms with Crippen molar-refractivity contribution in [3.05, 3.63) is 35.0 Å². The average molecular weight is 480 g/mol. The highest BCUT2D eigenvalue weighted by atomic mass is 16.5. The summed E-state index contributed by atoms with van der Waals surface area (Å²) in [6.45, 7) is 5.27. The molecule has 9 heteroatoms. The third-order valence-electron chi connectivity index (χ3n) is 7.85. The summed E-state index contributed by atoms with van der Waals surface area (Å²) in [6, 6.07) is 4.37. The van der Waals surface area contributed by atoms with E-state index >= 15 is 0 Å². The maximum absolute atomic E-state index is 14.0. The first-order chi connectivity index (χ1) is 17.2. The SMILES string of the molecule is COCC1(COC)C(=O)N(CCN2CCOCC2)c2cc3c4c([nH]c3cc21)-c1[nH]ncc1CCC4. The van der Waals surface area contributed by atoms with E-state index in [1.807, 2.05) is 11.1 Å². The van der Waals surface area contributed by atoms with Gasteiger partial charge in [-0.15, -0.1) is 0 Å². The van der Waals surface area contributed by atoms with Gasteiger partial charge in [0, 0.05) is 57.0 Å². The molecule has 3 aliphatic rings. The normalized spacial score (nSPS) is 19.6. The molecule has 1 aliphatic carbocycles. The highest BCUT2D eigenvalue weighted by Gasteiger charge is 2.51. The monoisotopic (exact) mass is 479 g/mol. The first kappa shape index (κ1) is 22.7. The molecule has 0 radical (unpaired) electrons. The standard InChI is InChI=1S/C26H33N5O4/c1-33-15-26(16-34-2)20-13-21-19(18-5-3-4-17-14-27-29-23(17)24(18)28-21)12-22(20)31(25(26)32)7-6-30-8-10-35-11-9-30/h12-14,28H,3-11,15-16H2,1-2H3,(H,27,29). The molecule has 2 aliphatic heterocycles. The number of hydrogen-bond donors (Lipinski definition) is 2. The van der Waals surface area contributed by atoms with Crippen molar-refractivity contribution in [2.24, 2.45) is 0 Å². The molecule has 0 spiro atoms. The number of fused-ring (bicyclic) bond motifs is 6. The minimum atomic E-state index is -0.861. The van der Waals surface area contributed by atoms with Gasteiger partial charge in [-0.05, 0) is 48.1 Å². The van der Waals surface area contributed by atoms with E-state index in [-0.39, 0.29) is 19.1 Å². The second kappa shape index (κ2) is 9.05. The average Bonchev–Trinajstić information content (AvgIpc) is 3.50. The molecule has 2 aromatic heterocycles. The lowest BCUT2D eigenvalue weighted by Gasteiger charge is -2.30. The topological polar surface area (TPSA) is 95.7 Å².